The van der Waals surface area contributed by atoms with Gasteiger partial charge in [0.2, 0.25) is 0 Å². The van der Waals surface area contributed by atoms with E-state index in [1.165, 1.54) is 0 Å². The summed E-state index contributed by atoms with van der Waals surface area (Å²) in [5, 5.41) is 0. The Morgan fingerprint density at radius 1 is 1.27 bits per heavy atom. The SMILES string of the molecule is NCC(F)(F)C1(c2ccc(Br)cc2)CC1. The van der Waals surface area contributed by atoms with Crippen LogP contribution in [-0.2, 0) is 5.41 Å². The lowest BCUT2D eigenvalue weighted by Crippen LogP contribution is -2.40. The van der Waals surface area contributed by atoms with Crippen LogP contribution >= 0.6 is 15.9 Å². The first-order valence-corrected chi connectivity index (χ1v) is 5.65. The first-order valence-electron chi connectivity index (χ1n) is 4.86. The van der Waals surface area contributed by atoms with E-state index in [0.717, 1.165) is 4.47 Å². The second kappa shape index (κ2) is 3.52. The van der Waals surface area contributed by atoms with Gasteiger partial charge in [-0.3, -0.25) is 0 Å². The molecule has 0 aliphatic heterocycles. The van der Waals surface area contributed by atoms with E-state index in [0.29, 0.717) is 18.4 Å². The van der Waals surface area contributed by atoms with Gasteiger partial charge in [-0.05, 0) is 30.5 Å². The number of halogens is 3. The van der Waals surface area contributed by atoms with Crippen LogP contribution in [0.1, 0.15) is 18.4 Å². The van der Waals surface area contributed by atoms with Gasteiger partial charge in [0.25, 0.3) is 5.92 Å². The monoisotopic (exact) mass is 275 g/mol. The van der Waals surface area contributed by atoms with Gasteiger partial charge in [-0.25, -0.2) is 8.78 Å². The Bertz CT molecular complexity index is 357. The smallest absolute Gasteiger partial charge is 0.269 e. The highest BCUT2D eigenvalue weighted by Gasteiger charge is 2.61. The molecular weight excluding hydrogens is 264 g/mol. The van der Waals surface area contributed by atoms with Crippen molar-refractivity contribution in [2.45, 2.75) is 24.2 Å². The largest absolute Gasteiger partial charge is 0.325 e. The molecule has 0 saturated heterocycles. The second-order valence-electron chi connectivity index (χ2n) is 4.00. The maximum atomic E-state index is 13.6. The van der Waals surface area contributed by atoms with Gasteiger partial charge >= 0.3 is 0 Å². The summed E-state index contributed by atoms with van der Waals surface area (Å²) in [6.07, 6.45) is 1.05. The standard InChI is InChI=1S/C11H12BrF2N/c12-9-3-1-8(2-4-9)10(5-6-10)11(13,14)7-15/h1-4H,5-7,15H2. The number of rotatable bonds is 3. The van der Waals surface area contributed by atoms with Crippen LogP contribution in [0.15, 0.2) is 28.7 Å². The van der Waals surface area contributed by atoms with Gasteiger partial charge in [-0.15, -0.1) is 0 Å². The average molecular weight is 276 g/mol. The van der Waals surface area contributed by atoms with Crippen molar-refractivity contribution in [3.8, 4) is 0 Å². The molecule has 0 unspecified atom stereocenters. The molecule has 0 spiro atoms. The third kappa shape index (κ3) is 1.70. The van der Waals surface area contributed by atoms with E-state index in [9.17, 15) is 8.78 Å². The average Bonchev–Trinajstić information content (AvgIpc) is 3.00. The topological polar surface area (TPSA) is 26.0 Å². The minimum atomic E-state index is -2.79. The molecule has 0 amide bonds. The zero-order valence-corrected chi connectivity index (χ0v) is 9.73. The minimum absolute atomic E-state index is 0.527. The van der Waals surface area contributed by atoms with Crippen molar-refractivity contribution < 1.29 is 8.78 Å². The van der Waals surface area contributed by atoms with Crippen molar-refractivity contribution in [1.29, 1.82) is 0 Å². The molecule has 82 valence electrons. The second-order valence-corrected chi connectivity index (χ2v) is 4.91. The Balaban J connectivity index is 2.34. The lowest BCUT2D eigenvalue weighted by Gasteiger charge is -2.25. The van der Waals surface area contributed by atoms with Crippen molar-refractivity contribution in [2.75, 3.05) is 6.54 Å². The van der Waals surface area contributed by atoms with Crippen LogP contribution in [0.4, 0.5) is 8.78 Å². The van der Waals surface area contributed by atoms with E-state index in [1.807, 2.05) is 0 Å². The summed E-state index contributed by atoms with van der Waals surface area (Å²) in [5.74, 6) is -2.79. The minimum Gasteiger partial charge on any atom is -0.325 e. The summed E-state index contributed by atoms with van der Waals surface area (Å²) in [7, 11) is 0. The molecule has 2 rings (SSSR count). The van der Waals surface area contributed by atoms with E-state index in [4.69, 9.17) is 5.73 Å². The molecule has 2 N–H and O–H groups in total. The highest BCUT2D eigenvalue weighted by atomic mass is 79.9. The lowest BCUT2D eigenvalue weighted by molar-refractivity contribution is -0.0300. The summed E-state index contributed by atoms with van der Waals surface area (Å²) in [5.41, 5.74) is 4.84. The zero-order valence-electron chi connectivity index (χ0n) is 8.14. The van der Waals surface area contributed by atoms with Gasteiger partial charge in [-0.1, -0.05) is 28.1 Å². The van der Waals surface area contributed by atoms with Crippen molar-refractivity contribution >= 4 is 15.9 Å². The van der Waals surface area contributed by atoms with E-state index in [1.54, 1.807) is 24.3 Å². The molecule has 0 aromatic heterocycles. The Morgan fingerprint density at radius 2 is 1.80 bits per heavy atom. The molecule has 1 aromatic rings. The van der Waals surface area contributed by atoms with Gasteiger partial charge in [-0.2, -0.15) is 0 Å². The quantitative estimate of drug-likeness (QED) is 0.902. The van der Waals surface area contributed by atoms with Gasteiger partial charge in [0.1, 0.15) is 0 Å². The highest BCUT2D eigenvalue weighted by molar-refractivity contribution is 9.10. The van der Waals surface area contributed by atoms with Crippen LogP contribution in [0.25, 0.3) is 0 Å². The summed E-state index contributed by atoms with van der Waals surface area (Å²) in [6, 6.07) is 7.09. The maximum absolute atomic E-state index is 13.6. The fourth-order valence-electron chi connectivity index (χ4n) is 1.95. The van der Waals surface area contributed by atoms with Crippen LogP contribution in [-0.4, -0.2) is 12.5 Å². The number of benzene rings is 1. The lowest BCUT2D eigenvalue weighted by atomic mass is 9.89. The Morgan fingerprint density at radius 3 is 2.20 bits per heavy atom. The van der Waals surface area contributed by atoms with Gasteiger partial charge in [0.05, 0.1) is 12.0 Å². The van der Waals surface area contributed by atoms with Crippen LogP contribution in [0.5, 0.6) is 0 Å². The van der Waals surface area contributed by atoms with Crippen LogP contribution in [0.3, 0.4) is 0 Å². The third-order valence-electron chi connectivity index (χ3n) is 3.10. The van der Waals surface area contributed by atoms with Crippen molar-refractivity contribution in [1.82, 2.24) is 0 Å². The Kier molecular flexibility index (Phi) is 2.59. The predicted molar refractivity (Wildman–Crippen MR) is 59.1 cm³/mol. The summed E-state index contributed by atoms with van der Waals surface area (Å²) in [6.45, 7) is -0.580. The van der Waals surface area contributed by atoms with E-state index in [2.05, 4.69) is 15.9 Å². The molecule has 1 aromatic carbocycles. The number of hydrogen-bond donors (Lipinski definition) is 1. The molecule has 1 aliphatic carbocycles. The molecular formula is C11H12BrF2N. The van der Waals surface area contributed by atoms with Gasteiger partial charge in [0.15, 0.2) is 0 Å². The Hall–Kier alpha value is -0.480. The number of hydrogen-bond acceptors (Lipinski definition) is 1. The highest BCUT2D eigenvalue weighted by Crippen LogP contribution is 2.57. The van der Waals surface area contributed by atoms with Crippen LogP contribution in [0.2, 0.25) is 0 Å². The molecule has 0 heterocycles. The molecule has 1 saturated carbocycles. The summed E-state index contributed by atoms with van der Waals surface area (Å²) >= 11 is 3.29. The molecule has 15 heavy (non-hydrogen) atoms. The molecule has 0 atom stereocenters. The first kappa shape index (κ1) is 11.0. The zero-order chi connectivity index (χ0) is 11.1. The third-order valence-corrected chi connectivity index (χ3v) is 3.63. The summed E-state index contributed by atoms with van der Waals surface area (Å²) < 4.78 is 28.2. The fraction of sp³-hybridized carbons (Fsp3) is 0.455. The van der Waals surface area contributed by atoms with Crippen molar-refractivity contribution in [2.24, 2.45) is 5.73 Å². The molecule has 0 radical (unpaired) electrons. The maximum Gasteiger partial charge on any atom is 0.269 e. The van der Waals surface area contributed by atoms with Crippen molar-refractivity contribution in [3.05, 3.63) is 34.3 Å². The van der Waals surface area contributed by atoms with Crippen LogP contribution < -0.4 is 5.73 Å². The first-order chi connectivity index (χ1) is 7.02. The van der Waals surface area contributed by atoms with E-state index < -0.39 is 17.9 Å². The predicted octanol–water partition coefficient (Wildman–Crippen LogP) is 3.07. The van der Waals surface area contributed by atoms with E-state index in [-0.39, 0.29) is 0 Å². The molecule has 1 nitrogen and oxygen atoms in total. The van der Waals surface area contributed by atoms with Crippen LogP contribution in [0, 0.1) is 0 Å². The molecule has 4 heteroatoms. The normalized spacial score (nSPS) is 18.9. The molecule has 1 aliphatic rings. The molecule has 1 fully saturated rings. The summed E-state index contributed by atoms with van der Waals surface area (Å²) in [4.78, 5) is 0. The Labute approximate surface area is 95.8 Å². The fourth-order valence-corrected chi connectivity index (χ4v) is 2.22. The van der Waals surface area contributed by atoms with Gasteiger partial charge in [0, 0.05) is 4.47 Å². The van der Waals surface area contributed by atoms with Crippen molar-refractivity contribution in [3.63, 3.8) is 0 Å². The number of alkyl halides is 2. The molecule has 0 bridgehead atoms. The van der Waals surface area contributed by atoms with Gasteiger partial charge < -0.3 is 5.73 Å². The number of nitrogens with two attached hydrogens (primary N) is 1. The van der Waals surface area contributed by atoms with E-state index >= 15 is 0 Å².